The summed E-state index contributed by atoms with van der Waals surface area (Å²) in [5.74, 6) is 2.04. The van der Waals surface area contributed by atoms with E-state index in [1.54, 1.807) is 0 Å². The van der Waals surface area contributed by atoms with Crippen LogP contribution in [0.4, 0.5) is 0 Å². The number of hydrogen-bond acceptors (Lipinski definition) is 2. The number of hydrogen-bond donors (Lipinski definition) is 1. The Morgan fingerprint density at radius 3 is 2.75 bits per heavy atom. The molecule has 1 saturated carbocycles. The summed E-state index contributed by atoms with van der Waals surface area (Å²) in [7, 11) is 0. The molecule has 3 heteroatoms. The number of likely N-dealkylation sites (tertiary alicyclic amines) is 1. The third kappa shape index (κ3) is 2.93. The van der Waals surface area contributed by atoms with Crippen LogP contribution < -0.4 is 0 Å². The van der Waals surface area contributed by atoms with Gasteiger partial charge in [-0.05, 0) is 49.2 Å². The zero-order valence-electron chi connectivity index (χ0n) is 10.2. The molecule has 2 rings (SSSR count). The van der Waals surface area contributed by atoms with Crippen LogP contribution in [0, 0.1) is 11.3 Å². The lowest BCUT2D eigenvalue weighted by Crippen LogP contribution is -2.33. The number of thiol groups is 1. The van der Waals surface area contributed by atoms with Crippen LogP contribution >= 0.6 is 12.6 Å². The van der Waals surface area contributed by atoms with Gasteiger partial charge in [-0.2, -0.15) is 12.6 Å². The average Bonchev–Trinajstić information content (AvgIpc) is 3.04. The summed E-state index contributed by atoms with van der Waals surface area (Å²) in [6.45, 7) is 4.25. The Balaban J connectivity index is 1.84. The standard InChI is InChI=1S/C13H23NOS/c1-11-3-2-7-14(8-4-11)12(15)9-13(10-16)5-6-13/h11,16H,2-10H2,1H3. The molecule has 0 aromatic rings. The molecule has 16 heavy (non-hydrogen) atoms. The minimum absolute atomic E-state index is 0.276. The van der Waals surface area contributed by atoms with Crippen LogP contribution in [0.25, 0.3) is 0 Å². The Morgan fingerprint density at radius 2 is 2.12 bits per heavy atom. The first-order chi connectivity index (χ1) is 7.65. The Kier molecular flexibility index (Phi) is 3.83. The van der Waals surface area contributed by atoms with Crippen molar-refractivity contribution in [2.24, 2.45) is 11.3 Å². The van der Waals surface area contributed by atoms with E-state index in [-0.39, 0.29) is 5.41 Å². The molecule has 0 spiro atoms. The molecular weight excluding hydrogens is 218 g/mol. The predicted molar refractivity (Wildman–Crippen MR) is 69.7 cm³/mol. The maximum absolute atomic E-state index is 12.2. The van der Waals surface area contributed by atoms with E-state index >= 15 is 0 Å². The first-order valence-corrected chi connectivity index (χ1v) is 7.17. The first-order valence-electron chi connectivity index (χ1n) is 6.54. The molecule has 2 nitrogen and oxygen atoms in total. The number of amides is 1. The second kappa shape index (κ2) is 4.99. The van der Waals surface area contributed by atoms with E-state index in [4.69, 9.17) is 0 Å². The molecule has 0 bridgehead atoms. The van der Waals surface area contributed by atoms with Gasteiger partial charge in [0.1, 0.15) is 0 Å². The molecule has 0 aromatic carbocycles. The fraction of sp³-hybridized carbons (Fsp3) is 0.923. The van der Waals surface area contributed by atoms with Crippen molar-refractivity contribution in [1.29, 1.82) is 0 Å². The first kappa shape index (κ1) is 12.3. The second-order valence-corrected chi connectivity index (χ2v) is 6.07. The summed E-state index contributed by atoms with van der Waals surface area (Å²) in [4.78, 5) is 14.3. The highest BCUT2D eigenvalue weighted by molar-refractivity contribution is 7.80. The van der Waals surface area contributed by atoms with Crippen molar-refractivity contribution in [3.63, 3.8) is 0 Å². The van der Waals surface area contributed by atoms with Crippen LogP contribution in [0.15, 0.2) is 0 Å². The Morgan fingerprint density at radius 1 is 1.38 bits per heavy atom. The number of carbonyl (C=O) groups excluding carboxylic acids is 1. The van der Waals surface area contributed by atoms with Gasteiger partial charge in [-0.1, -0.05) is 6.92 Å². The predicted octanol–water partition coefficient (Wildman–Crippen LogP) is 2.74. The zero-order chi connectivity index (χ0) is 11.6. The van der Waals surface area contributed by atoms with Gasteiger partial charge in [0.05, 0.1) is 0 Å². The van der Waals surface area contributed by atoms with Crippen LogP contribution in [0.5, 0.6) is 0 Å². The van der Waals surface area contributed by atoms with Crippen molar-refractivity contribution in [2.75, 3.05) is 18.8 Å². The van der Waals surface area contributed by atoms with Gasteiger partial charge in [0.25, 0.3) is 0 Å². The van der Waals surface area contributed by atoms with Crippen molar-refractivity contribution < 1.29 is 4.79 Å². The fourth-order valence-corrected chi connectivity index (χ4v) is 2.94. The van der Waals surface area contributed by atoms with Crippen molar-refractivity contribution in [3.05, 3.63) is 0 Å². The van der Waals surface area contributed by atoms with E-state index < -0.39 is 0 Å². The summed E-state index contributed by atoms with van der Waals surface area (Å²) in [6, 6.07) is 0. The molecule has 1 aliphatic heterocycles. The van der Waals surface area contributed by atoms with Crippen LogP contribution in [0.2, 0.25) is 0 Å². The van der Waals surface area contributed by atoms with Crippen molar-refractivity contribution >= 4 is 18.5 Å². The third-order valence-electron chi connectivity index (χ3n) is 4.19. The molecule has 1 saturated heterocycles. The summed E-state index contributed by atoms with van der Waals surface area (Å²) in [6.07, 6.45) is 6.78. The van der Waals surface area contributed by atoms with E-state index in [2.05, 4.69) is 24.5 Å². The molecule has 0 radical (unpaired) electrons. The normalized spacial score (nSPS) is 28.6. The van der Waals surface area contributed by atoms with Gasteiger partial charge in [-0.25, -0.2) is 0 Å². The highest BCUT2D eigenvalue weighted by Crippen LogP contribution is 2.49. The van der Waals surface area contributed by atoms with E-state index in [1.807, 2.05) is 0 Å². The van der Waals surface area contributed by atoms with Gasteiger partial charge in [-0.3, -0.25) is 4.79 Å². The monoisotopic (exact) mass is 241 g/mol. The molecule has 1 unspecified atom stereocenters. The van der Waals surface area contributed by atoms with Gasteiger partial charge in [0.15, 0.2) is 0 Å². The second-order valence-electron chi connectivity index (χ2n) is 5.75. The van der Waals surface area contributed by atoms with Gasteiger partial charge < -0.3 is 4.90 Å². The molecule has 92 valence electrons. The lowest BCUT2D eigenvalue weighted by molar-refractivity contribution is -0.132. The molecular formula is C13H23NOS. The van der Waals surface area contributed by atoms with Crippen LogP contribution in [-0.4, -0.2) is 29.6 Å². The quantitative estimate of drug-likeness (QED) is 0.753. The van der Waals surface area contributed by atoms with E-state index in [0.717, 1.165) is 31.2 Å². The largest absolute Gasteiger partial charge is 0.343 e. The van der Waals surface area contributed by atoms with Gasteiger partial charge in [0, 0.05) is 19.5 Å². The van der Waals surface area contributed by atoms with Crippen LogP contribution in [0.1, 0.15) is 45.4 Å². The molecule has 0 N–H and O–H groups in total. The van der Waals surface area contributed by atoms with E-state index in [9.17, 15) is 4.79 Å². The van der Waals surface area contributed by atoms with E-state index in [0.29, 0.717) is 5.91 Å². The Bertz CT molecular complexity index is 263. The average molecular weight is 241 g/mol. The summed E-state index contributed by atoms with van der Waals surface area (Å²) < 4.78 is 0. The SMILES string of the molecule is CC1CCCN(C(=O)CC2(CS)CC2)CC1. The molecule has 1 heterocycles. The fourth-order valence-electron chi connectivity index (χ4n) is 2.51. The molecule has 2 aliphatic rings. The minimum Gasteiger partial charge on any atom is -0.343 e. The number of carbonyl (C=O) groups is 1. The number of rotatable bonds is 3. The van der Waals surface area contributed by atoms with Gasteiger partial charge in [0.2, 0.25) is 5.91 Å². The van der Waals surface area contributed by atoms with Gasteiger partial charge >= 0.3 is 0 Å². The minimum atomic E-state index is 0.276. The Hall–Kier alpha value is -0.180. The molecule has 1 atom stereocenters. The molecule has 1 aliphatic carbocycles. The summed E-state index contributed by atoms with van der Waals surface area (Å²) in [5.41, 5.74) is 0.276. The maximum Gasteiger partial charge on any atom is 0.223 e. The highest BCUT2D eigenvalue weighted by atomic mass is 32.1. The Labute approximate surface area is 104 Å². The lowest BCUT2D eigenvalue weighted by Gasteiger charge is -2.23. The van der Waals surface area contributed by atoms with Crippen molar-refractivity contribution in [1.82, 2.24) is 4.90 Å². The van der Waals surface area contributed by atoms with E-state index in [1.165, 1.54) is 32.1 Å². The molecule has 1 amide bonds. The van der Waals surface area contributed by atoms with Gasteiger partial charge in [-0.15, -0.1) is 0 Å². The molecule has 2 fully saturated rings. The van der Waals surface area contributed by atoms with Crippen molar-refractivity contribution in [2.45, 2.75) is 45.4 Å². The topological polar surface area (TPSA) is 20.3 Å². The van der Waals surface area contributed by atoms with Crippen molar-refractivity contribution in [3.8, 4) is 0 Å². The van der Waals surface area contributed by atoms with Crippen LogP contribution in [-0.2, 0) is 4.79 Å². The van der Waals surface area contributed by atoms with Crippen LogP contribution in [0.3, 0.4) is 0 Å². The summed E-state index contributed by atoms with van der Waals surface area (Å²) >= 11 is 4.37. The highest BCUT2D eigenvalue weighted by Gasteiger charge is 2.43. The zero-order valence-corrected chi connectivity index (χ0v) is 11.1. The summed E-state index contributed by atoms with van der Waals surface area (Å²) in [5, 5.41) is 0. The maximum atomic E-state index is 12.2. The lowest BCUT2D eigenvalue weighted by atomic mass is 10.0. The smallest absolute Gasteiger partial charge is 0.223 e. The third-order valence-corrected chi connectivity index (χ3v) is 4.86. The number of nitrogens with zero attached hydrogens (tertiary/aromatic N) is 1. The molecule has 0 aromatic heterocycles.